The Morgan fingerprint density at radius 3 is 2.42 bits per heavy atom. The summed E-state index contributed by atoms with van der Waals surface area (Å²) in [6.45, 7) is 6.03. The number of nitrogens with zero attached hydrogens (tertiary/aromatic N) is 1. The molecule has 106 valence electrons. The first-order valence-corrected chi connectivity index (χ1v) is 7.63. The second-order valence-electron chi connectivity index (χ2n) is 6.68. The molecule has 1 N–H and O–H groups in total. The maximum atomic E-state index is 12.9. The van der Waals surface area contributed by atoms with E-state index in [1.165, 1.54) is 12.8 Å². The van der Waals surface area contributed by atoms with Crippen molar-refractivity contribution in [1.29, 1.82) is 0 Å². The van der Waals surface area contributed by atoms with Gasteiger partial charge in [0.2, 0.25) is 11.8 Å². The lowest BCUT2D eigenvalue weighted by molar-refractivity contribution is -0.158. The van der Waals surface area contributed by atoms with Crippen LogP contribution in [0.5, 0.6) is 0 Å². The van der Waals surface area contributed by atoms with E-state index in [9.17, 15) is 9.59 Å². The van der Waals surface area contributed by atoms with Crippen molar-refractivity contribution in [1.82, 2.24) is 10.2 Å². The number of rotatable bonds is 4. The average Bonchev–Trinajstić information content (AvgIpc) is 3.23. The molecule has 1 aliphatic heterocycles. The molecule has 3 unspecified atom stereocenters. The van der Waals surface area contributed by atoms with Gasteiger partial charge in [-0.3, -0.25) is 9.59 Å². The molecule has 0 aromatic rings. The monoisotopic (exact) mass is 264 g/mol. The summed E-state index contributed by atoms with van der Waals surface area (Å²) in [5.41, 5.74) is -0.647. The van der Waals surface area contributed by atoms with Crippen LogP contribution in [-0.2, 0) is 9.59 Å². The van der Waals surface area contributed by atoms with E-state index in [0.29, 0.717) is 18.3 Å². The van der Waals surface area contributed by atoms with Crippen LogP contribution >= 0.6 is 0 Å². The van der Waals surface area contributed by atoms with Crippen LogP contribution in [0.4, 0.5) is 0 Å². The summed E-state index contributed by atoms with van der Waals surface area (Å²) in [7, 11) is 0. The average molecular weight is 264 g/mol. The molecule has 3 aliphatic rings. The van der Waals surface area contributed by atoms with E-state index in [-0.39, 0.29) is 23.9 Å². The van der Waals surface area contributed by atoms with Crippen molar-refractivity contribution in [3.8, 4) is 0 Å². The van der Waals surface area contributed by atoms with Gasteiger partial charge in [-0.2, -0.15) is 0 Å². The van der Waals surface area contributed by atoms with Crippen molar-refractivity contribution in [2.75, 3.05) is 0 Å². The van der Waals surface area contributed by atoms with Crippen molar-refractivity contribution < 1.29 is 9.59 Å². The number of hydrogen-bond donors (Lipinski definition) is 1. The summed E-state index contributed by atoms with van der Waals surface area (Å²) in [4.78, 5) is 27.2. The van der Waals surface area contributed by atoms with E-state index in [2.05, 4.69) is 12.2 Å². The van der Waals surface area contributed by atoms with Gasteiger partial charge in [-0.05, 0) is 57.8 Å². The molecule has 2 amide bonds. The molecule has 3 fully saturated rings. The zero-order chi connectivity index (χ0) is 13.8. The molecule has 3 rings (SSSR count). The minimum absolute atomic E-state index is 0.0454. The lowest BCUT2D eigenvalue weighted by Gasteiger charge is -2.47. The van der Waals surface area contributed by atoms with E-state index in [1.54, 1.807) is 0 Å². The zero-order valence-electron chi connectivity index (χ0n) is 12.1. The van der Waals surface area contributed by atoms with Crippen LogP contribution in [0, 0.1) is 11.8 Å². The molecule has 0 bridgehead atoms. The molecular weight excluding hydrogens is 240 g/mol. The fraction of sp³-hybridized carbons (Fsp3) is 0.867. The number of nitrogens with one attached hydrogen (secondary N) is 1. The minimum atomic E-state index is -0.647. The highest BCUT2D eigenvalue weighted by molar-refractivity contribution is 6.00. The quantitative estimate of drug-likeness (QED) is 0.840. The second-order valence-corrected chi connectivity index (χ2v) is 6.68. The predicted molar refractivity (Wildman–Crippen MR) is 72.4 cm³/mol. The Balaban J connectivity index is 1.91. The normalized spacial score (nSPS) is 37.2. The SMILES string of the molecule is CCC1C(=O)NC(C)(C2CC2)C(=O)N1C(C)C1CC1. The fourth-order valence-corrected chi connectivity index (χ4v) is 3.52. The van der Waals surface area contributed by atoms with E-state index < -0.39 is 5.54 Å². The minimum Gasteiger partial charge on any atom is -0.340 e. The van der Waals surface area contributed by atoms with Crippen molar-refractivity contribution in [3.05, 3.63) is 0 Å². The predicted octanol–water partition coefficient (Wildman–Crippen LogP) is 1.69. The molecule has 1 heterocycles. The third kappa shape index (κ3) is 1.96. The van der Waals surface area contributed by atoms with Crippen molar-refractivity contribution in [2.45, 2.75) is 70.5 Å². The molecule has 1 saturated heterocycles. The summed E-state index contributed by atoms with van der Waals surface area (Å²) in [5.74, 6) is 1.15. The summed E-state index contributed by atoms with van der Waals surface area (Å²) in [5, 5.41) is 3.02. The molecule has 2 aliphatic carbocycles. The number of hydrogen-bond acceptors (Lipinski definition) is 2. The Bertz CT molecular complexity index is 414. The van der Waals surface area contributed by atoms with Crippen LogP contribution in [0.1, 0.15) is 52.9 Å². The zero-order valence-corrected chi connectivity index (χ0v) is 12.1. The third-order valence-corrected chi connectivity index (χ3v) is 5.22. The van der Waals surface area contributed by atoms with Gasteiger partial charge in [0.25, 0.3) is 0 Å². The number of amides is 2. The molecule has 4 nitrogen and oxygen atoms in total. The van der Waals surface area contributed by atoms with Crippen LogP contribution in [0.25, 0.3) is 0 Å². The fourth-order valence-electron chi connectivity index (χ4n) is 3.52. The highest BCUT2D eigenvalue weighted by Crippen LogP contribution is 2.44. The molecule has 19 heavy (non-hydrogen) atoms. The highest BCUT2D eigenvalue weighted by Gasteiger charge is 2.56. The van der Waals surface area contributed by atoms with Gasteiger partial charge < -0.3 is 10.2 Å². The molecule has 0 spiro atoms. The van der Waals surface area contributed by atoms with Gasteiger partial charge in [-0.1, -0.05) is 6.92 Å². The van der Waals surface area contributed by atoms with Gasteiger partial charge in [-0.25, -0.2) is 0 Å². The van der Waals surface area contributed by atoms with E-state index >= 15 is 0 Å². The third-order valence-electron chi connectivity index (χ3n) is 5.22. The first-order valence-electron chi connectivity index (χ1n) is 7.63. The van der Waals surface area contributed by atoms with Gasteiger partial charge in [0, 0.05) is 6.04 Å². The standard InChI is InChI=1S/C15H24N2O2/c1-4-12-13(18)16-15(3,11-7-8-11)14(19)17(12)9(2)10-5-6-10/h9-12H,4-8H2,1-3H3,(H,16,18). The first kappa shape index (κ1) is 12.9. The largest absolute Gasteiger partial charge is 0.340 e. The number of carbonyl (C=O) groups is 2. The maximum Gasteiger partial charge on any atom is 0.249 e. The maximum absolute atomic E-state index is 12.9. The first-order chi connectivity index (χ1) is 8.99. The molecule has 4 heteroatoms. The molecule has 3 atom stereocenters. The lowest BCUT2D eigenvalue weighted by atomic mass is 9.87. The van der Waals surface area contributed by atoms with E-state index in [0.717, 1.165) is 12.8 Å². The molecular formula is C15H24N2O2. The van der Waals surface area contributed by atoms with Crippen LogP contribution in [0.3, 0.4) is 0 Å². The summed E-state index contributed by atoms with van der Waals surface area (Å²) >= 11 is 0. The van der Waals surface area contributed by atoms with Gasteiger partial charge in [0.15, 0.2) is 0 Å². The van der Waals surface area contributed by atoms with Crippen LogP contribution in [0.2, 0.25) is 0 Å². The van der Waals surface area contributed by atoms with Crippen molar-refractivity contribution >= 4 is 11.8 Å². The molecule has 0 aromatic heterocycles. The van der Waals surface area contributed by atoms with Gasteiger partial charge in [0.1, 0.15) is 11.6 Å². The Hall–Kier alpha value is -1.06. The van der Waals surface area contributed by atoms with Crippen LogP contribution in [0.15, 0.2) is 0 Å². The van der Waals surface area contributed by atoms with Gasteiger partial charge >= 0.3 is 0 Å². The Kier molecular flexibility index (Phi) is 2.88. The summed E-state index contributed by atoms with van der Waals surface area (Å²) in [6, 6.07) is -0.0588. The van der Waals surface area contributed by atoms with Gasteiger partial charge in [0.05, 0.1) is 0 Å². The molecule has 0 radical (unpaired) electrons. The smallest absolute Gasteiger partial charge is 0.249 e. The van der Waals surface area contributed by atoms with Crippen LogP contribution in [-0.4, -0.2) is 34.3 Å². The highest BCUT2D eigenvalue weighted by atomic mass is 16.2. The van der Waals surface area contributed by atoms with E-state index in [1.807, 2.05) is 18.7 Å². The molecule has 0 aromatic carbocycles. The lowest BCUT2D eigenvalue weighted by Crippen LogP contribution is -2.71. The molecule has 2 saturated carbocycles. The second kappa shape index (κ2) is 4.22. The topological polar surface area (TPSA) is 49.4 Å². The van der Waals surface area contributed by atoms with Crippen molar-refractivity contribution in [2.24, 2.45) is 11.8 Å². The van der Waals surface area contributed by atoms with Crippen molar-refractivity contribution in [3.63, 3.8) is 0 Å². The Morgan fingerprint density at radius 2 is 1.95 bits per heavy atom. The van der Waals surface area contributed by atoms with Gasteiger partial charge in [-0.15, -0.1) is 0 Å². The number of piperazine rings is 1. The summed E-state index contributed by atoms with van der Waals surface area (Å²) in [6.07, 6.45) is 5.22. The Labute approximate surface area is 114 Å². The number of carbonyl (C=O) groups excluding carboxylic acids is 2. The summed E-state index contributed by atoms with van der Waals surface area (Å²) < 4.78 is 0. The van der Waals surface area contributed by atoms with Crippen LogP contribution < -0.4 is 5.32 Å². The van der Waals surface area contributed by atoms with E-state index in [4.69, 9.17) is 0 Å². The Morgan fingerprint density at radius 1 is 1.32 bits per heavy atom.